The van der Waals surface area contributed by atoms with Gasteiger partial charge in [-0.15, -0.1) is 0 Å². The topological polar surface area (TPSA) is 87.2 Å². The Hall–Kier alpha value is -2.10. The summed E-state index contributed by atoms with van der Waals surface area (Å²) in [6.07, 6.45) is 1.37. The quantitative estimate of drug-likeness (QED) is 0.448. The van der Waals surface area contributed by atoms with Crippen LogP contribution in [0.25, 0.3) is 6.08 Å². The Morgan fingerprint density at radius 3 is 2.18 bits per heavy atom. The Morgan fingerprint density at radius 2 is 1.68 bits per heavy atom. The molecule has 1 aromatic rings. The van der Waals surface area contributed by atoms with Gasteiger partial charge in [0.1, 0.15) is 5.57 Å². The molecule has 0 bridgehead atoms. The fourth-order valence-electron chi connectivity index (χ4n) is 1.97. The summed E-state index contributed by atoms with van der Waals surface area (Å²) in [6.45, 7) is 0. The average Bonchev–Trinajstić information content (AvgIpc) is 2.50. The van der Waals surface area contributed by atoms with E-state index in [2.05, 4.69) is 0 Å². The van der Waals surface area contributed by atoms with Gasteiger partial charge in [0, 0.05) is 14.1 Å². The first-order valence-electron chi connectivity index (χ1n) is 6.16. The molecule has 1 heterocycles. The third-order valence-corrected chi connectivity index (χ3v) is 4.05. The van der Waals surface area contributed by atoms with Crippen LogP contribution in [0.2, 0.25) is 0 Å². The summed E-state index contributed by atoms with van der Waals surface area (Å²) in [5.41, 5.74) is 0.375. The zero-order chi connectivity index (χ0) is 16.6. The first-order chi connectivity index (χ1) is 10.3. The summed E-state index contributed by atoms with van der Waals surface area (Å²) >= 11 is 1.91. The van der Waals surface area contributed by atoms with Crippen molar-refractivity contribution in [1.29, 1.82) is 0 Å². The molecule has 1 N–H and O–H groups in total. The van der Waals surface area contributed by atoms with Gasteiger partial charge in [-0.25, -0.2) is 4.79 Å². The highest BCUT2D eigenvalue weighted by Gasteiger charge is 2.37. The second-order valence-corrected chi connectivity index (χ2v) is 5.78. The van der Waals surface area contributed by atoms with Crippen molar-refractivity contribution in [3.05, 3.63) is 26.8 Å². The molecule has 0 saturated carbocycles. The second kappa shape index (κ2) is 5.95. The first-order valence-corrected chi connectivity index (χ1v) is 7.24. The van der Waals surface area contributed by atoms with Crippen LogP contribution in [-0.4, -0.2) is 54.0 Å². The maximum atomic E-state index is 12.1. The number of hydrogen-bond donors (Lipinski definition) is 1. The molecule has 0 spiro atoms. The third kappa shape index (κ3) is 2.65. The maximum Gasteiger partial charge on any atom is 0.333 e. The van der Waals surface area contributed by atoms with Gasteiger partial charge in [-0.3, -0.25) is 19.4 Å². The number of aromatic hydroxyl groups is 1. The Kier molecular flexibility index (Phi) is 4.40. The molecule has 116 valence electrons. The molecule has 8 heteroatoms. The normalized spacial score (nSPS) is 15.5. The lowest BCUT2D eigenvalue weighted by atomic mass is 10.1. The van der Waals surface area contributed by atoms with E-state index in [4.69, 9.17) is 4.74 Å². The largest absolute Gasteiger partial charge is 0.504 e. The summed E-state index contributed by atoms with van der Waals surface area (Å²) in [5.74, 6) is -1.13. The van der Waals surface area contributed by atoms with Gasteiger partial charge in [0.2, 0.25) is 0 Å². The van der Waals surface area contributed by atoms with Crippen molar-refractivity contribution < 1.29 is 24.2 Å². The molecule has 0 atom stereocenters. The van der Waals surface area contributed by atoms with Crippen molar-refractivity contribution in [2.24, 2.45) is 0 Å². The monoisotopic (exact) mass is 416 g/mol. The van der Waals surface area contributed by atoms with Gasteiger partial charge in [0.25, 0.3) is 11.8 Å². The third-order valence-electron chi connectivity index (χ3n) is 3.23. The molecule has 0 radical (unpaired) electrons. The van der Waals surface area contributed by atoms with Gasteiger partial charge in [-0.1, -0.05) is 0 Å². The highest BCUT2D eigenvalue weighted by Crippen LogP contribution is 2.33. The SMILES string of the molecule is COc1cc(C=C2C(=O)N(C)C(=O)N(C)C2=O)cc(I)c1O. The molecule has 0 unspecified atom stereocenters. The number of phenols is 1. The van der Waals surface area contributed by atoms with E-state index in [1.54, 1.807) is 6.07 Å². The van der Waals surface area contributed by atoms with E-state index < -0.39 is 17.8 Å². The highest BCUT2D eigenvalue weighted by molar-refractivity contribution is 14.1. The molecule has 1 saturated heterocycles. The average molecular weight is 416 g/mol. The minimum atomic E-state index is -0.676. The minimum Gasteiger partial charge on any atom is -0.504 e. The molecule has 1 fully saturated rings. The summed E-state index contributed by atoms with van der Waals surface area (Å²) in [4.78, 5) is 37.6. The predicted octanol–water partition coefficient (Wildman–Crippen LogP) is 1.44. The Bertz CT molecular complexity index is 687. The Morgan fingerprint density at radius 1 is 1.14 bits per heavy atom. The Balaban J connectivity index is 2.52. The van der Waals surface area contributed by atoms with E-state index in [0.29, 0.717) is 9.13 Å². The molecule has 1 aliphatic heterocycles. The van der Waals surface area contributed by atoms with Gasteiger partial charge in [-0.2, -0.15) is 0 Å². The Labute approximate surface area is 140 Å². The second-order valence-electron chi connectivity index (χ2n) is 4.62. The number of amides is 4. The number of ether oxygens (including phenoxy) is 1. The number of carbonyl (C=O) groups is 3. The van der Waals surface area contributed by atoms with E-state index in [0.717, 1.165) is 9.80 Å². The van der Waals surface area contributed by atoms with E-state index in [-0.39, 0.29) is 17.1 Å². The number of carbonyl (C=O) groups excluding carboxylic acids is 3. The number of urea groups is 1. The van der Waals surface area contributed by atoms with Crippen molar-refractivity contribution in [1.82, 2.24) is 9.80 Å². The van der Waals surface area contributed by atoms with Gasteiger partial charge in [0.05, 0.1) is 10.7 Å². The zero-order valence-corrected chi connectivity index (χ0v) is 14.2. The number of rotatable bonds is 2. The highest BCUT2D eigenvalue weighted by atomic mass is 127. The molecule has 1 aromatic carbocycles. The van der Waals surface area contributed by atoms with E-state index >= 15 is 0 Å². The van der Waals surface area contributed by atoms with Gasteiger partial charge in [-0.05, 0) is 46.4 Å². The number of nitrogens with zero attached hydrogens (tertiary/aromatic N) is 2. The number of phenolic OH excluding ortho intramolecular Hbond substituents is 1. The van der Waals surface area contributed by atoms with Crippen molar-refractivity contribution in [3.63, 3.8) is 0 Å². The van der Waals surface area contributed by atoms with Gasteiger partial charge < -0.3 is 9.84 Å². The molecule has 7 nitrogen and oxygen atoms in total. The minimum absolute atomic E-state index is 0.0176. The zero-order valence-electron chi connectivity index (χ0n) is 12.1. The molecule has 2 rings (SSSR count). The van der Waals surface area contributed by atoms with Gasteiger partial charge in [0.15, 0.2) is 11.5 Å². The van der Waals surface area contributed by atoms with Crippen LogP contribution < -0.4 is 4.74 Å². The number of methoxy groups -OCH3 is 1. The van der Waals surface area contributed by atoms with E-state index in [1.807, 2.05) is 22.6 Å². The van der Waals surface area contributed by atoms with Gasteiger partial charge >= 0.3 is 6.03 Å². The van der Waals surface area contributed by atoms with Crippen LogP contribution in [0.5, 0.6) is 11.5 Å². The number of likely N-dealkylation sites (N-methyl/N-ethyl adjacent to an activating group) is 2. The predicted molar refractivity (Wildman–Crippen MR) is 86.3 cm³/mol. The summed E-state index contributed by atoms with van der Waals surface area (Å²) < 4.78 is 5.55. The fourth-order valence-corrected chi connectivity index (χ4v) is 2.60. The molecule has 4 amide bonds. The van der Waals surface area contributed by atoms with Crippen molar-refractivity contribution in [3.8, 4) is 11.5 Å². The van der Waals surface area contributed by atoms with Crippen LogP contribution in [0.3, 0.4) is 0 Å². The molecular formula is C14H13IN2O5. The number of hydrogen-bond acceptors (Lipinski definition) is 5. The number of barbiturate groups is 1. The molecule has 22 heavy (non-hydrogen) atoms. The van der Waals surface area contributed by atoms with Crippen molar-refractivity contribution >= 4 is 46.5 Å². The van der Waals surface area contributed by atoms with Crippen LogP contribution in [0.1, 0.15) is 5.56 Å². The molecule has 0 aliphatic carbocycles. The number of imide groups is 2. The molecular weight excluding hydrogens is 403 g/mol. The number of benzene rings is 1. The fraction of sp³-hybridized carbons (Fsp3) is 0.214. The molecule has 0 aromatic heterocycles. The lowest BCUT2D eigenvalue weighted by Gasteiger charge is -2.28. The summed E-state index contributed by atoms with van der Waals surface area (Å²) in [7, 11) is 4.02. The van der Waals surface area contributed by atoms with E-state index in [1.165, 1.54) is 33.3 Å². The smallest absolute Gasteiger partial charge is 0.333 e. The maximum absolute atomic E-state index is 12.1. The van der Waals surface area contributed by atoms with E-state index in [9.17, 15) is 19.5 Å². The van der Waals surface area contributed by atoms with Crippen molar-refractivity contribution in [2.45, 2.75) is 0 Å². The summed E-state index contributed by atoms with van der Waals surface area (Å²) in [6, 6.07) is 2.43. The summed E-state index contributed by atoms with van der Waals surface area (Å²) in [5, 5.41) is 9.80. The van der Waals surface area contributed by atoms with Crippen LogP contribution in [0.4, 0.5) is 4.79 Å². The van der Waals surface area contributed by atoms with Crippen molar-refractivity contribution in [2.75, 3.05) is 21.2 Å². The van der Waals surface area contributed by atoms with Crippen LogP contribution in [0, 0.1) is 3.57 Å². The molecule has 1 aliphatic rings. The lowest BCUT2D eigenvalue weighted by Crippen LogP contribution is -2.52. The van der Waals surface area contributed by atoms with Crippen LogP contribution >= 0.6 is 22.6 Å². The standard InChI is InChI=1S/C14H13IN2O5/c1-16-12(19)8(13(20)17(2)14(16)21)4-7-5-9(15)11(18)10(6-7)22-3/h4-6,18H,1-3H3. The van der Waals surface area contributed by atoms with Crippen LogP contribution in [-0.2, 0) is 9.59 Å². The number of halogens is 1. The van der Waals surface area contributed by atoms with Crippen LogP contribution in [0.15, 0.2) is 17.7 Å². The first kappa shape index (κ1) is 16.3. The lowest BCUT2D eigenvalue weighted by molar-refractivity contribution is -0.134.